The number of carbonyl (C=O) groups is 2. The highest BCUT2D eigenvalue weighted by Gasteiger charge is 2.51. The first-order chi connectivity index (χ1) is 10.2. The molecule has 108 valence electrons. The Kier molecular flexibility index (Phi) is 2.72. The van der Waals surface area contributed by atoms with Gasteiger partial charge < -0.3 is 10.0 Å². The van der Waals surface area contributed by atoms with Crippen LogP contribution in [0, 0.1) is 5.92 Å². The van der Waals surface area contributed by atoms with Crippen LogP contribution in [0.15, 0.2) is 17.8 Å². The Bertz CT molecular complexity index is 744. The molecule has 2 bridgehead atoms. The van der Waals surface area contributed by atoms with Gasteiger partial charge in [-0.15, -0.1) is 11.3 Å². The van der Waals surface area contributed by atoms with E-state index in [0.29, 0.717) is 12.1 Å². The number of aromatic nitrogens is 2. The monoisotopic (exact) mass is 303 g/mol. The molecular formula is C14H13N3O3S. The lowest BCUT2D eigenvalue weighted by atomic mass is 9.89. The van der Waals surface area contributed by atoms with Crippen LogP contribution < -0.4 is 0 Å². The van der Waals surface area contributed by atoms with Gasteiger partial charge in [-0.3, -0.25) is 9.59 Å². The number of fused-ring (bicyclic) bond motifs is 3. The predicted molar refractivity (Wildman–Crippen MR) is 76.1 cm³/mol. The van der Waals surface area contributed by atoms with Gasteiger partial charge in [0.15, 0.2) is 0 Å². The molecule has 3 unspecified atom stereocenters. The molecular weight excluding hydrogens is 290 g/mol. The maximum atomic E-state index is 12.8. The van der Waals surface area contributed by atoms with E-state index in [0.717, 1.165) is 23.1 Å². The van der Waals surface area contributed by atoms with E-state index in [4.69, 9.17) is 0 Å². The Balaban J connectivity index is 1.73. The zero-order valence-electron chi connectivity index (χ0n) is 11.1. The molecule has 0 saturated carbocycles. The summed E-state index contributed by atoms with van der Waals surface area (Å²) in [5, 5.41) is 11.2. The lowest BCUT2D eigenvalue weighted by Gasteiger charge is -2.22. The largest absolute Gasteiger partial charge is 0.481 e. The smallest absolute Gasteiger partial charge is 0.308 e. The Morgan fingerprint density at radius 2 is 2.19 bits per heavy atom. The molecule has 2 fully saturated rings. The zero-order chi connectivity index (χ0) is 14.6. The molecule has 0 spiro atoms. The highest BCUT2D eigenvalue weighted by atomic mass is 32.1. The van der Waals surface area contributed by atoms with E-state index < -0.39 is 11.9 Å². The molecule has 1 N–H and O–H groups in total. The van der Waals surface area contributed by atoms with Crippen LogP contribution >= 0.6 is 11.3 Å². The second kappa shape index (κ2) is 4.49. The highest BCUT2D eigenvalue weighted by Crippen LogP contribution is 2.43. The van der Waals surface area contributed by atoms with E-state index in [2.05, 4.69) is 9.97 Å². The van der Waals surface area contributed by atoms with Crippen molar-refractivity contribution < 1.29 is 14.7 Å². The second-order valence-electron chi connectivity index (χ2n) is 5.55. The van der Waals surface area contributed by atoms with Crippen molar-refractivity contribution in [3.8, 4) is 0 Å². The van der Waals surface area contributed by atoms with Crippen molar-refractivity contribution in [1.82, 2.24) is 14.9 Å². The molecule has 2 saturated heterocycles. The van der Waals surface area contributed by atoms with Crippen molar-refractivity contribution in [2.24, 2.45) is 5.92 Å². The number of rotatable bonds is 2. The molecule has 2 aromatic rings. The molecule has 4 rings (SSSR count). The van der Waals surface area contributed by atoms with Crippen LogP contribution in [0.3, 0.4) is 0 Å². The Hall–Kier alpha value is -2.02. The first kappa shape index (κ1) is 12.7. The number of amides is 1. The summed E-state index contributed by atoms with van der Waals surface area (Å²) in [5.74, 6) is -1.39. The Labute approximate surface area is 124 Å². The van der Waals surface area contributed by atoms with Gasteiger partial charge in [0.05, 0.1) is 16.1 Å². The third-order valence-corrected chi connectivity index (χ3v) is 5.44. The first-order valence-electron chi connectivity index (χ1n) is 6.90. The maximum absolute atomic E-state index is 12.8. The van der Waals surface area contributed by atoms with Crippen LogP contribution in [-0.4, -0.2) is 43.9 Å². The van der Waals surface area contributed by atoms with E-state index in [9.17, 15) is 14.7 Å². The van der Waals surface area contributed by atoms with Crippen LogP contribution in [0.5, 0.6) is 0 Å². The zero-order valence-corrected chi connectivity index (χ0v) is 11.9. The van der Waals surface area contributed by atoms with Crippen LogP contribution in [0.2, 0.25) is 0 Å². The predicted octanol–water partition coefficient (Wildman–Crippen LogP) is 1.77. The number of carboxylic acid groups (broad SMARTS) is 1. The fourth-order valence-corrected chi connectivity index (χ4v) is 4.46. The maximum Gasteiger partial charge on any atom is 0.308 e. The van der Waals surface area contributed by atoms with Crippen LogP contribution in [0.25, 0.3) is 10.2 Å². The molecule has 0 aliphatic carbocycles. The number of nitrogens with zero attached hydrogens (tertiary/aromatic N) is 3. The lowest BCUT2D eigenvalue weighted by Crippen LogP contribution is -2.38. The van der Waals surface area contributed by atoms with Crippen LogP contribution in [-0.2, 0) is 4.79 Å². The molecule has 7 heteroatoms. The first-order valence-corrected chi connectivity index (χ1v) is 7.78. The van der Waals surface area contributed by atoms with Crippen molar-refractivity contribution >= 4 is 33.4 Å². The molecule has 1 amide bonds. The van der Waals surface area contributed by atoms with Crippen LogP contribution in [0.4, 0.5) is 0 Å². The van der Waals surface area contributed by atoms with Crippen molar-refractivity contribution in [2.45, 2.75) is 31.3 Å². The van der Waals surface area contributed by atoms with Gasteiger partial charge in [-0.05, 0) is 30.7 Å². The van der Waals surface area contributed by atoms with Gasteiger partial charge in [0.2, 0.25) is 0 Å². The molecule has 3 atom stereocenters. The molecule has 2 aliphatic heterocycles. The van der Waals surface area contributed by atoms with Gasteiger partial charge in [-0.1, -0.05) is 0 Å². The summed E-state index contributed by atoms with van der Waals surface area (Å²) in [6.07, 6.45) is 3.62. The molecule has 0 radical (unpaired) electrons. The third kappa shape index (κ3) is 1.77. The summed E-state index contributed by atoms with van der Waals surface area (Å²) in [6, 6.07) is 1.70. The SMILES string of the molecule is O=C(O)C1CC2CCC1N2C(=O)c1ncnc2ccsc12. The summed E-state index contributed by atoms with van der Waals surface area (Å²) in [4.78, 5) is 34.2. The van der Waals surface area contributed by atoms with Gasteiger partial charge in [-0.2, -0.15) is 0 Å². The van der Waals surface area contributed by atoms with E-state index in [1.54, 1.807) is 4.90 Å². The van der Waals surface area contributed by atoms with E-state index >= 15 is 0 Å². The van der Waals surface area contributed by atoms with Crippen molar-refractivity contribution in [2.75, 3.05) is 0 Å². The fraction of sp³-hybridized carbons (Fsp3) is 0.429. The number of hydrogen-bond acceptors (Lipinski definition) is 5. The quantitative estimate of drug-likeness (QED) is 0.914. The van der Waals surface area contributed by atoms with E-state index in [1.807, 2.05) is 11.4 Å². The summed E-state index contributed by atoms with van der Waals surface area (Å²) >= 11 is 1.44. The van der Waals surface area contributed by atoms with Gasteiger partial charge in [0.1, 0.15) is 12.0 Å². The number of hydrogen-bond donors (Lipinski definition) is 1. The molecule has 21 heavy (non-hydrogen) atoms. The van der Waals surface area contributed by atoms with Gasteiger partial charge in [0.25, 0.3) is 5.91 Å². The highest BCUT2D eigenvalue weighted by molar-refractivity contribution is 7.17. The summed E-state index contributed by atoms with van der Waals surface area (Å²) < 4.78 is 0.778. The minimum absolute atomic E-state index is 0.0357. The third-order valence-electron chi connectivity index (χ3n) is 4.53. The molecule has 2 aromatic heterocycles. The Morgan fingerprint density at radius 3 is 2.95 bits per heavy atom. The van der Waals surface area contributed by atoms with Crippen LogP contribution in [0.1, 0.15) is 29.8 Å². The van der Waals surface area contributed by atoms with Gasteiger partial charge in [0, 0.05) is 12.1 Å². The van der Waals surface area contributed by atoms with E-state index in [-0.39, 0.29) is 18.0 Å². The van der Waals surface area contributed by atoms with Crippen molar-refractivity contribution in [3.05, 3.63) is 23.5 Å². The second-order valence-corrected chi connectivity index (χ2v) is 6.46. The minimum atomic E-state index is -0.802. The van der Waals surface area contributed by atoms with Gasteiger partial charge in [-0.25, -0.2) is 9.97 Å². The average molecular weight is 303 g/mol. The standard InChI is InChI=1S/C14H13N3O3S/c18-13(11-12-9(3-4-21-12)15-6-16-11)17-7-1-2-10(17)8(5-7)14(19)20/h3-4,6-8,10H,1-2,5H2,(H,19,20). The molecule has 4 heterocycles. The molecule has 0 aromatic carbocycles. The fourth-order valence-electron chi connectivity index (χ4n) is 3.63. The number of carboxylic acids is 1. The topological polar surface area (TPSA) is 83.4 Å². The lowest BCUT2D eigenvalue weighted by molar-refractivity contribution is -0.142. The Morgan fingerprint density at radius 1 is 1.33 bits per heavy atom. The number of aliphatic carboxylic acids is 1. The average Bonchev–Trinajstić information content (AvgIpc) is 3.19. The van der Waals surface area contributed by atoms with Gasteiger partial charge >= 0.3 is 5.97 Å². The summed E-state index contributed by atoms with van der Waals surface area (Å²) in [7, 11) is 0. The van der Waals surface area contributed by atoms with Crippen molar-refractivity contribution in [3.63, 3.8) is 0 Å². The normalized spacial score (nSPS) is 27.4. The molecule has 6 nitrogen and oxygen atoms in total. The number of carbonyl (C=O) groups excluding carboxylic acids is 1. The van der Waals surface area contributed by atoms with E-state index in [1.165, 1.54) is 17.7 Å². The minimum Gasteiger partial charge on any atom is -0.481 e. The van der Waals surface area contributed by atoms with Crippen molar-refractivity contribution in [1.29, 1.82) is 0 Å². The summed E-state index contributed by atoms with van der Waals surface area (Å²) in [6.45, 7) is 0. The summed E-state index contributed by atoms with van der Waals surface area (Å²) in [5.41, 5.74) is 1.16. The number of thiophene rings is 1. The molecule has 2 aliphatic rings.